The Labute approximate surface area is 46.2 Å². The molecule has 0 aromatic heterocycles. The van der Waals surface area contributed by atoms with Crippen molar-refractivity contribution in [2.75, 3.05) is 0 Å². The van der Waals surface area contributed by atoms with Crippen LogP contribution < -0.4 is 0 Å². The Morgan fingerprint density at radius 1 is 1.14 bits per heavy atom. The molecule has 0 aliphatic rings. The highest BCUT2D eigenvalue weighted by Gasteiger charge is 1.68. The number of unbranched alkanes of at least 4 members (excludes halogenated alkanes) is 1. The second-order valence-electron chi connectivity index (χ2n) is 1.67. The predicted octanol–water partition coefficient (Wildman–Crippen LogP) is 2.75. The summed E-state index contributed by atoms with van der Waals surface area (Å²) in [6, 6.07) is 0. The van der Waals surface area contributed by atoms with Crippen LogP contribution in [-0.4, -0.2) is 0 Å². The van der Waals surface area contributed by atoms with Crippen molar-refractivity contribution in [2.45, 2.75) is 33.1 Å². The molecule has 7 heavy (non-hydrogen) atoms. The molecule has 0 saturated carbocycles. The molecule has 0 heterocycles. The fraction of sp³-hybridized carbons (Fsp3) is 0.714. The third-order valence-electron chi connectivity index (χ3n) is 0.858. The van der Waals surface area contributed by atoms with Crippen LogP contribution in [0.25, 0.3) is 0 Å². The van der Waals surface area contributed by atoms with Crippen LogP contribution in [0.1, 0.15) is 33.1 Å². The zero-order valence-electron chi connectivity index (χ0n) is 5.28. The van der Waals surface area contributed by atoms with Crippen molar-refractivity contribution in [1.29, 1.82) is 0 Å². The summed E-state index contributed by atoms with van der Waals surface area (Å²) in [5.41, 5.74) is 0. The van der Waals surface area contributed by atoms with Crippen molar-refractivity contribution < 1.29 is 0 Å². The van der Waals surface area contributed by atoms with Crippen LogP contribution in [-0.2, 0) is 0 Å². The average molecular weight is 98.2 g/mol. The van der Waals surface area contributed by atoms with Crippen LogP contribution in [0.2, 0.25) is 0 Å². The lowest BCUT2D eigenvalue weighted by Gasteiger charge is -1.79. The fourth-order valence-electron chi connectivity index (χ4n) is 0.451. The minimum atomic E-state index is 1.18. The standard InChI is InChI=1S/C7H14/c1-3-5-7-6-4-2/h5,7H,3-4,6H2,1-2H3. The summed E-state index contributed by atoms with van der Waals surface area (Å²) >= 11 is 0. The minimum Gasteiger partial charge on any atom is -0.0888 e. The summed E-state index contributed by atoms with van der Waals surface area (Å²) in [6.45, 7) is 4.35. The molecule has 0 saturated heterocycles. The smallest absolute Gasteiger partial charge is 0.0353 e. The topological polar surface area (TPSA) is 0 Å². The molecule has 0 aromatic rings. The van der Waals surface area contributed by atoms with Gasteiger partial charge in [-0.2, -0.15) is 0 Å². The van der Waals surface area contributed by atoms with E-state index in [1.165, 1.54) is 19.3 Å². The maximum atomic E-state index is 2.24. The SMILES string of the molecule is CCC=CCCC. The van der Waals surface area contributed by atoms with E-state index in [2.05, 4.69) is 26.0 Å². The zero-order valence-corrected chi connectivity index (χ0v) is 5.28. The van der Waals surface area contributed by atoms with Crippen LogP contribution in [0, 0.1) is 0 Å². The Balaban J connectivity index is 2.78. The lowest BCUT2D eigenvalue weighted by Crippen LogP contribution is -1.58. The summed E-state index contributed by atoms with van der Waals surface area (Å²) in [5, 5.41) is 0. The number of hydrogen-bond acceptors (Lipinski definition) is 0. The molecule has 0 rings (SSSR count). The average Bonchev–Trinajstić information content (AvgIpc) is 1.69. The lowest BCUT2D eigenvalue weighted by molar-refractivity contribution is 0.952. The molecule has 0 heteroatoms. The Bertz CT molecular complexity index is 44.0. The summed E-state index contributed by atoms with van der Waals surface area (Å²) in [5.74, 6) is 0. The van der Waals surface area contributed by atoms with Crippen molar-refractivity contribution >= 4 is 0 Å². The highest BCUT2D eigenvalue weighted by atomic mass is 13.7. The number of hydrogen-bond donors (Lipinski definition) is 0. The highest BCUT2D eigenvalue weighted by Crippen LogP contribution is 1.88. The molecule has 0 bridgehead atoms. The predicted molar refractivity (Wildman–Crippen MR) is 34.3 cm³/mol. The van der Waals surface area contributed by atoms with E-state index in [0.717, 1.165) is 0 Å². The fourth-order valence-corrected chi connectivity index (χ4v) is 0.451. The van der Waals surface area contributed by atoms with Gasteiger partial charge in [0, 0.05) is 0 Å². The minimum absolute atomic E-state index is 1.18. The van der Waals surface area contributed by atoms with Gasteiger partial charge in [0.15, 0.2) is 0 Å². The van der Waals surface area contributed by atoms with Gasteiger partial charge in [0.05, 0.1) is 0 Å². The van der Waals surface area contributed by atoms with Gasteiger partial charge in [-0.15, -0.1) is 0 Å². The summed E-state index contributed by atoms with van der Waals surface area (Å²) in [7, 11) is 0. The van der Waals surface area contributed by atoms with Crippen LogP contribution in [0.15, 0.2) is 12.2 Å². The normalized spacial score (nSPS) is 10.6. The maximum absolute atomic E-state index is 2.24. The molecular weight excluding hydrogens is 84.1 g/mol. The Morgan fingerprint density at radius 2 is 1.86 bits per heavy atom. The van der Waals surface area contributed by atoms with E-state index in [4.69, 9.17) is 0 Å². The number of rotatable bonds is 3. The molecule has 0 nitrogen and oxygen atoms in total. The van der Waals surface area contributed by atoms with Gasteiger partial charge >= 0.3 is 0 Å². The van der Waals surface area contributed by atoms with Gasteiger partial charge in [-0.1, -0.05) is 32.4 Å². The molecule has 0 N–H and O–H groups in total. The summed E-state index contributed by atoms with van der Waals surface area (Å²) < 4.78 is 0. The first-order valence-electron chi connectivity index (χ1n) is 3.06. The van der Waals surface area contributed by atoms with Crippen LogP contribution >= 0.6 is 0 Å². The van der Waals surface area contributed by atoms with Gasteiger partial charge in [-0.05, 0) is 12.8 Å². The first-order chi connectivity index (χ1) is 3.41. The summed E-state index contributed by atoms with van der Waals surface area (Å²) in [4.78, 5) is 0. The van der Waals surface area contributed by atoms with Crippen LogP contribution in [0.5, 0.6) is 0 Å². The van der Waals surface area contributed by atoms with Gasteiger partial charge in [-0.25, -0.2) is 0 Å². The first-order valence-corrected chi connectivity index (χ1v) is 3.06. The van der Waals surface area contributed by atoms with E-state index in [1.54, 1.807) is 0 Å². The van der Waals surface area contributed by atoms with Crippen molar-refractivity contribution in [1.82, 2.24) is 0 Å². The molecule has 0 radical (unpaired) electrons. The second-order valence-corrected chi connectivity index (χ2v) is 1.67. The second kappa shape index (κ2) is 5.74. The molecule has 0 amide bonds. The van der Waals surface area contributed by atoms with Gasteiger partial charge < -0.3 is 0 Å². The molecule has 0 aliphatic heterocycles. The lowest BCUT2D eigenvalue weighted by atomic mass is 10.3. The van der Waals surface area contributed by atoms with Crippen molar-refractivity contribution in [3.8, 4) is 0 Å². The quantitative estimate of drug-likeness (QED) is 0.476. The zero-order chi connectivity index (χ0) is 5.54. The Hall–Kier alpha value is -0.260. The van der Waals surface area contributed by atoms with Gasteiger partial charge in [0.1, 0.15) is 0 Å². The van der Waals surface area contributed by atoms with Crippen molar-refractivity contribution in [3.05, 3.63) is 12.2 Å². The van der Waals surface area contributed by atoms with E-state index < -0.39 is 0 Å². The molecule has 0 spiro atoms. The third-order valence-corrected chi connectivity index (χ3v) is 0.858. The van der Waals surface area contributed by atoms with Crippen LogP contribution in [0.4, 0.5) is 0 Å². The largest absolute Gasteiger partial charge is 0.0888 e. The molecule has 0 unspecified atom stereocenters. The molecule has 0 fully saturated rings. The van der Waals surface area contributed by atoms with E-state index in [-0.39, 0.29) is 0 Å². The summed E-state index contributed by atoms with van der Waals surface area (Å²) in [6.07, 6.45) is 8.15. The monoisotopic (exact) mass is 98.1 g/mol. The molecule has 0 aromatic carbocycles. The molecular formula is C7H14. The molecule has 42 valence electrons. The van der Waals surface area contributed by atoms with Gasteiger partial charge in [0.2, 0.25) is 0 Å². The van der Waals surface area contributed by atoms with E-state index >= 15 is 0 Å². The van der Waals surface area contributed by atoms with Crippen molar-refractivity contribution in [2.24, 2.45) is 0 Å². The van der Waals surface area contributed by atoms with E-state index in [0.29, 0.717) is 0 Å². The van der Waals surface area contributed by atoms with Gasteiger partial charge in [-0.3, -0.25) is 0 Å². The Morgan fingerprint density at radius 3 is 2.29 bits per heavy atom. The van der Waals surface area contributed by atoms with E-state index in [1.807, 2.05) is 0 Å². The number of allylic oxidation sites excluding steroid dienone is 2. The maximum Gasteiger partial charge on any atom is -0.0353 e. The molecule has 0 atom stereocenters. The van der Waals surface area contributed by atoms with E-state index in [9.17, 15) is 0 Å². The highest BCUT2D eigenvalue weighted by molar-refractivity contribution is 4.78. The third kappa shape index (κ3) is 5.74. The molecule has 0 aliphatic carbocycles. The van der Waals surface area contributed by atoms with Crippen molar-refractivity contribution in [3.63, 3.8) is 0 Å². The van der Waals surface area contributed by atoms with Crippen LogP contribution in [0.3, 0.4) is 0 Å². The van der Waals surface area contributed by atoms with Gasteiger partial charge in [0.25, 0.3) is 0 Å². The Kier molecular flexibility index (Phi) is 5.53. The first kappa shape index (κ1) is 6.74.